The fraction of sp³-hybridized carbons (Fsp3) is 0.312. The predicted octanol–water partition coefficient (Wildman–Crippen LogP) is 2.24. The van der Waals surface area contributed by atoms with Gasteiger partial charge >= 0.3 is 0 Å². The number of hydrogen-bond donors (Lipinski definition) is 0. The van der Waals surface area contributed by atoms with Crippen LogP contribution in [0.25, 0.3) is 19.0 Å². The van der Waals surface area contributed by atoms with Crippen molar-refractivity contribution in [2.75, 3.05) is 0 Å². The van der Waals surface area contributed by atoms with Crippen LogP contribution >= 0.6 is 0 Å². The average molecular weight is 240 g/mol. The van der Waals surface area contributed by atoms with Gasteiger partial charge in [-0.1, -0.05) is 19.2 Å². The molecular weight excluding hydrogens is 220 g/mol. The topological polar surface area (TPSA) is 17.8 Å². The molecule has 2 aromatic heterocycles. The third-order valence-corrected chi connectivity index (χ3v) is 3.81. The first kappa shape index (κ1) is 12.6. The van der Waals surface area contributed by atoms with Gasteiger partial charge in [-0.25, -0.2) is 4.98 Å². The maximum Gasteiger partial charge on any atom is 0.140 e. The fourth-order valence-electron chi connectivity index (χ4n) is 2.24. The number of rotatable bonds is 1. The minimum atomic E-state index is 0.948. The fourth-order valence-corrected chi connectivity index (χ4v) is 2.24. The van der Waals surface area contributed by atoms with E-state index in [1.165, 1.54) is 16.7 Å². The van der Waals surface area contributed by atoms with E-state index in [9.17, 15) is 0 Å². The first-order valence-corrected chi connectivity index (χ1v) is 6.15. The lowest BCUT2D eigenvalue weighted by atomic mass is 10.1. The summed E-state index contributed by atoms with van der Waals surface area (Å²) in [5.74, 6) is 0.948. The van der Waals surface area contributed by atoms with E-state index in [0.29, 0.717) is 0 Å². The molecule has 2 heterocycles. The van der Waals surface area contributed by atoms with E-state index in [0.717, 1.165) is 27.8 Å². The second-order valence-corrected chi connectivity index (χ2v) is 5.01. The maximum absolute atomic E-state index is 4.70. The minimum absolute atomic E-state index is 0.948. The van der Waals surface area contributed by atoms with Gasteiger partial charge in [0, 0.05) is 16.4 Å². The number of aromatic nitrogens is 2. The molecule has 0 aliphatic carbocycles. The second kappa shape index (κ2) is 4.13. The zero-order chi connectivity index (χ0) is 13.6. The molecule has 2 nitrogen and oxygen atoms in total. The summed E-state index contributed by atoms with van der Waals surface area (Å²) >= 11 is 0. The van der Waals surface area contributed by atoms with Crippen molar-refractivity contribution in [1.29, 1.82) is 0 Å². The highest BCUT2D eigenvalue weighted by atomic mass is 15.1. The molecule has 94 valence electrons. The zero-order valence-electron chi connectivity index (χ0n) is 11.9. The molecule has 18 heavy (non-hydrogen) atoms. The van der Waals surface area contributed by atoms with Gasteiger partial charge in [0.1, 0.15) is 5.82 Å². The van der Waals surface area contributed by atoms with E-state index in [1.54, 1.807) is 0 Å². The summed E-state index contributed by atoms with van der Waals surface area (Å²) in [6, 6.07) is 2.17. The van der Waals surface area contributed by atoms with Crippen molar-refractivity contribution in [1.82, 2.24) is 9.55 Å². The Morgan fingerprint density at radius 3 is 1.89 bits per heavy atom. The Bertz CT molecular complexity index is 687. The summed E-state index contributed by atoms with van der Waals surface area (Å²) < 4.78 is 2.06. The van der Waals surface area contributed by atoms with Crippen LogP contribution in [0.2, 0.25) is 0 Å². The van der Waals surface area contributed by atoms with Crippen molar-refractivity contribution in [3.63, 3.8) is 0 Å². The van der Waals surface area contributed by atoms with Crippen LogP contribution in [-0.4, -0.2) is 9.55 Å². The predicted molar refractivity (Wildman–Crippen MR) is 77.5 cm³/mol. The van der Waals surface area contributed by atoms with E-state index in [1.807, 2.05) is 6.92 Å². The Labute approximate surface area is 108 Å². The van der Waals surface area contributed by atoms with Crippen molar-refractivity contribution >= 4 is 13.2 Å². The summed E-state index contributed by atoms with van der Waals surface area (Å²) in [5, 5.41) is 1.97. The quantitative estimate of drug-likeness (QED) is 0.747. The van der Waals surface area contributed by atoms with Crippen LogP contribution in [-0.2, 0) is 0 Å². The van der Waals surface area contributed by atoms with Crippen LogP contribution in [0.15, 0.2) is 6.07 Å². The van der Waals surface area contributed by atoms with E-state index in [4.69, 9.17) is 4.98 Å². The summed E-state index contributed by atoms with van der Waals surface area (Å²) in [6.07, 6.45) is 0. The van der Waals surface area contributed by atoms with Crippen LogP contribution in [0.4, 0.5) is 0 Å². The van der Waals surface area contributed by atoms with Crippen LogP contribution in [0.1, 0.15) is 27.9 Å². The van der Waals surface area contributed by atoms with Gasteiger partial charge in [0.2, 0.25) is 0 Å². The highest BCUT2D eigenvalue weighted by molar-refractivity contribution is 5.42. The van der Waals surface area contributed by atoms with Crippen molar-refractivity contribution in [2.45, 2.75) is 34.6 Å². The van der Waals surface area contributed by atoms with Gasteiger partial charge in [0.05, 0.1) is 0 Å². The van der Waals surface area contributed by atoms with Crippen LogP contribution < -0.4 is 10.7 Å². The van der Waals surface area contributed by atoms with Gasteiger partial charge in [-0.3, -0.25) is 4.57 Å². The molecular formula is C16H20N2. The molecule has 2 aromatic rings. The molecule has 0 fully saturated rings. The molecule has 0 radical (unpaired) electrons. The van der Waals surface area contributed by atoms with Gasteiger partial charge in [-0.2, -0.15) is 0 Å². The lowest BCUT2D eigenvalue weighted by Gasteiger charge is -2.10. The highest BCUT2D eigenvalue weighted by Gasteiger charge is 2.11. The number of aryl methyl sites for hydroxylation is 3. The van der Waals surface area contributed by atoms with E-state index in [-0.39, 0.29) is 0 Å². The summed E-state index contributed by atoms with van der Waals surface area (Å²) in [4.78, 5) is 4.70. The van der Waals surface area contributed by atoms with Gasteiger partial charge < -0.3 is 0 Å². The third kappa shape index (κ3) is 1.69. The molecule has 0 aromatic carbocycles. The van der Waals surface area contributed by atoms with Crippen LogP contribution in [0.3, 0.4) is 0 Å². The van der Waals surface area contributed by atoms with Crippen LogP contribution in [0.5, 0.6) is 0 Å². The Morgan fingerprint density at radius 1 is 0.889 bits per heavy atom. The first-order chi connectivity index (χ1) is 8.34. The van der Waals surface area contributed by atoms with Crippen molar-refractivity contribution in [2.24, 2.45) is 0 Å². The largest absolute Gasteiger partial charge is 0.295 e. The normalized spacial score (nSPS) is 10.9. The monoisotopic (exact) mass is 240 g/mol. The maximum atomic E-state index is 4.70. The molecule has 0 unspecified atom stereocenters. The Balaban J connectivity index is 2.87. The molecule has 2 rings (SSSR count). The van der Waals surface area contributed by atoms with Gasteiger partial charge in [0.25, 0.3) is 0 Å². The van der Waals surface area contributed by atoms with E-state index in [2.05, 4.69) is 51.5 Å². The molecule has 0 atom stereocenters. The summed E-state index contributed by atoms with van der Waals surface area (Å²) in [7, 11) is 0. The first-order valence-electron chi connectivity index (χ1n) is 6.15. The molecule has 2 heteroatoms. The van der Waals surface area contributed by atoms with Crippen molar-refractivity contribution in [3.05, 3.63) is 44.7 Å². The van der Waals surface area contributed by atoms with Gasteiger partial charge in [0.15, 0.2) is 0 Å². The number of nitrogens with zero attached hydrogens (tertiary/aromatic N) is 2. The lowest BCUT2D eigenvalue weighted by molar-refractivity contribution is 0.908. The van der Waals surface area contributed by atoms with E-state index < -0.39 is 0 Å². The van der Waals surface area contributed by atoms with Gasteiger partial charge in [-0.15, -0.1) is 0 Å². The lowest BCUT2D eigenvalue weighted by Crippen LogP contribution is -2.26. The minimum Gasteiger partial charge on any atom is -0.295 e. The number of pyridine rings is 1. The Morgan fingerprint density at radius 2 is 1.39 bits per heavy atom. The molecule has 0 aliphatic rings. The zero-order valence-corrected chi connectivity index (χ0v) is 11.9. The Hall–Kier alpha value is -1.83. The standard InChI is InChI=1S/C16H20N2/c1-9-8-10(2)16(17-13(9)5)18-14(6)11(3)12(4)15(18)7/h8H,6-7H2,1-5H3. The molecule has 0 amide bonds. The Kier molecular flexibility index (Phi) is 2.89. The van der Waals surface area contributed by atoms with Crippen LogP contribution in [0, 0.1) is 34.6 Å². The van der Waals surface area contributed by atoms with Gasteiger partial charge in [-0.05, 0) is 56.9 Å². The molecule has 0 bridgehead atoms. The average Bonchev–Trinajstić information content (AvgIpc) is 2.50. The molecule has 0 saturated heterocycles. The number of hydrogen-bond acceptors (Lipinski definition) is 1. The second-order valence-electron chi connectivity index (χ2n) is 5.01. The third-order valence-electron chi connectivity index (χ3n) is 3.81. The molecule has 0 spiro atoms. The van der Waals surface area contributed by atoms with E-state index >= 15 is 0 Å². The summed E-state index contributed by atoms with van der Waals surface area (Å²) in [6.45, 7) is 18.7. The summed E-state index contributed by atoms with van der Waals surface area (Å²) in [5.41, 5.74) is 5.81. The molecule has 0 N–H and O–H groups in total. The molecule has 0 aliphatic heterocycles. The smallest absolute Gasteiger partial charge is 0.140 e. The molecule has 0 saturated carbocycles. The van der Waals surface area contributed by atoms with Crippen molar-refractivity contribution in [3.8, 4) is 5.82 Å². The SMILES string of the molecule is C=c1c(C)c(C)c(=C)n1-c1nc(C)c(C)cc1C. The van der Waals surface area contributed by atoms with Crippen molar-refractivity contribution < 1.29 is 0 Å². The highest BCUT2D eigenvalue weighted by Crippen LogP contribution is 2.13.